The van der Waals surface area contributed by atoms with E-state index in [-0.39, 0.29) is 12.4 Å². The van der Waals surface area contributed by atoms with Crippen LogP contribution in [0.2, 0.25) is 0 Å². The van der Waals surface area contributed by atoms with Crippen LogP contribution in [-0.4, -0.2) is 17.7 Å². The maximum absolute atomic E-state index is 13.1. The highest BCUT2D eigenvalue weighted by atomic mass is 19.1. The molecule has 1 aromatic rings. The van der Waals surface area contributed by atoms with Crippen LogP contribution < -0.4 is 4.74 Å². The van der Waals surface area contributed by atoms with Gasteiger partial charge in [0.15, 0.2) is 11.6 Å². The second kappa shape index (κ2) is 5.25. The summed E-state index contributed by atoms with van der Waals surface area (Å²) in [5.74, 6) is -2.72. The van der Waals surface area contributed by atoms with Crippen LogP contribution in [0.15, 0.2) is 29.8 Å². The van der Waals surface area contributed by atoms with Gasteiger partial charge in [0.1, 0.15) is 12.4 Å². The normalized spacial score (nSPS) is 11.3. The lowest BCUT2D eigenvalue weighted by molar-refractivity contribution is -0.131. The van der Waals surface area contributed by atoms with Crippen molar-refractivity contribution in [2.75, 3.05) is 6.61 Å². The molecule has 0 aromatic heterocycles. The molecular weight excluding hydrogens is 218 g/mol. The smallest absolute Gasteiger partial charge is 0.328 e. The molecule has 0 unspecified atom stereocenters. The summed E-state index contributed by atoms with van der Waals surface area (Å²) in [7, 11) is 0. The van der Waals surface area contributed by atoms with E-state index in [1.54, 1.807) is 0 Å². The van der Waals surface area contributed by atoms with Crippen molar-refractivity contribution in [2.45, 2.75) is 6.92 Å². The first-order valence-electron chi connectivity index (χ1n) is 4.47. The van der Waals surface area contributed by atoms with Gasteiger partial charge in [-0.15, -0.1) is 0 Å². The lowest BCUT2D eigenvalue weighted by atomic mass is 10.3. The van der Waals surface area contributed by atoms with Crippen LogP contribution in [-0.2, 0) is 4.79 Å². The Hall–Kier alpha value is -1.91. The number of aliphatic carboxylic acids is 1. The third-order valence-corrected chi connectivity index (χ3v) is 1.72. The molecule has 0 atom stereocenters. The zero-order chi connectivity index (χ0) is 12.1. The largest absolute Gasteiger partial charge is 0.486 e. The van der Waals surface area contributed by atoms with Gasteiger partial charge in [0.05, 0.1) is 0 Å². The molecule has 0 aliphatic rings. The van der Waals surface area contributed by atoms with Crippen molar-refractivity contribution < 1.29 is 23.4 Å². The maximum Gasteiger partial charge on any atom is 0.328 e. The van der Waals surface area contributed by atoms with Gasteiger partial charge in [-0.05, 0) is 24.6 Å². The van der Waals surface area contributed by atoms with Crippen molar-refractivity contribution in [1.29, 1.82) is 0 Å². The third-order valence-electron chi connectivity index (χ3n) is 1.72. The van der Waals surface area contributed by atoms with Crippen molar-refractivity contribution in [3.8, 4) is 5.75 Å². The Labute approximate surface area is 91.0 Å². The molecule has 1 N–H and O–H groups in total. The molecule has 0 spiro atoms. The zero-order valence-electron chi connectivity index (χ0n) is 8.54. The molecule has 0 amide bonds. The van der Waals surface area contributed by atoms with Crippen LogP contribution >= 0.6 is 0 Å². The predicted octanol–water partition coefficient (Wildman–Crippen LogP) is 2.37. The lowest BCUT2D eigenvalue weighted by Gasteiger charge is -2.06. The van der Waals surface area contributed by atoms with Crippen molar-refractivity contribution in [3.63, 3.8) is 0 Å². The van der Waals surface area contributed by atoms with Gasteiger partial charge in [-0.2, -0.15) is 0 Å². The van der Waals surface area contributed by atoms with Crippen LogP contribution in [0.25, 0.3) is 0 Å². The third kappa shape index (κ3) is 3.68. The van der Waals surface area contributed by atoms with Crippen LogP contribution in [0.4, 0.5) is 8.78 Å². The topological polar surface area (TPSA) is 46.5 Å². The molecule has 3 nitrogen and oxygen atoms in total. The monoisotopic (exact) mass is 228 g/mol. The minimum absolute atomic E-state index is 0.0607. The number of benzene rings is 1. The van der Waals surface area contributed by atoms with Crippen molar-refractivity contribution in [3.05, 3.63) is 41.5 Å². The Balaban J connectivity index is 2.65. The Morgan fingerprint density at radius 1 is 1.50 bits per heavy atom. The van der Waals surface area contributed by atoms with E-state index < -0.39 is 17.6 Å². The fourth-order valence-electron chi connectivity index (χ4n) is 1.04. The predicted molar refractivity (Wildman–Crippen MR) is 53.2 cm³/mol. The molecule has 16 heavy (non-hydrogen) atoms. The standard InChI is InChI=1S/C11H10F2O3/c1-7(4-11(14)15)6-16-10-3-2-8(12)5-9(10)13/h2-5H,6H2,1H3,(H,14,15). The van der Waals surface area contributed by atoms with E-state index in [1.165, 1.54) is 6.92 Å². The summed E-state index contributed by atoms with van der Waals surface area (Å²) in [5.41, 5.74) is 0.427. The van der Waals surface area contributed by atoms with Gasteiger partial charge >= 0.3 is 5.97 Å². The van der Waals surface area contributed by atoms with E-state index in [4.69, 9.17) is 9.84 Å². The molecule has 0 aliphatic carbocycles. The molecular formula is C11H10F2O3. The minimum atomic E-state index is -1.10. The van der Waals surface area contributed by atoms with Crippen molar-refractivity contribution >= 4 is 5.97 Å². The van der Waals surface area contributed by atoms with E-state index in [0.29, 0.717) is 11.6 Å². The van der Waals surface area contributed by atoms with Gasteiger partial charge in [-0.1, -0.05) is 0 Å². The summed E-state index contributed by atoms with van der Waals surface area (Å²) < 4.78 is 30.6. The van der Waals surface area contributed by atoms with Crippen molar-refractivity contribution in [1.82, 2.24) is 0 Å². The quantitative estimate of drug-likeness (QED) is 0.805. The summed E-state index contributed by atoms with van der Waals surface area (Å²) in [4.78, 5) is 10.3. The summed E-state index contributed by atoms with van der Waals surface area (Å²) in [6, 6.07) is 2.92. The first kappa shape index (κ1) is 12.2. The Morgan fingerprint density at radius 3 is 2.75 bits per heavy atom. The van der Waals surface area contributed by atoms with Gasteiger partial charge in [-0.25, -0.2) is 13.6 Å². The Kier molecular flexibility index (Phi) is 3.99. The highest BCUT2D eigenvalue weighted by Gasteiger charge is 2.05. The highest BCUT2D eigenvalue weighted by molar-refractivity contribution is 5.80. The van der Waals surface area contributed by atoms with Crippen LogP contribution in [0.3, 0.4) is 0 Å². The summed E-state index contributed by atoms with van der Waals surface area (Å²) in [6.07, 6.45) is 0.960. The maximum atomic E-state index is 13.1. The highest BCUT2D eigenvalue weighted by Crippen LogP contribution is 2.18. The average molecular weight is 228 g/mol. The van der Waals surface area contributed by atoms with Gasteiger partial charge in [0.2, 0.25) is 0 Å². The van der Waals surface area contributed by atoms with E-state index in [0.717, 1.165) is 18.2 Å². The molecule has 0 saturated carbocycles. The van der Waals surface area contributed by atoms with Crippen LogP contribution in [0.1, 0.15) is 6.92 Å². The number of rotatable bonds is 4. The molecule has 0 fully saturated rings. The van der Waals surface area contributed by atoms with Crippen LogP contribution in [0, 0.1) is 11.6 Å². The van der Waals surface area contributed by atoms with E-state index in [2.05, 4.69) is 0 Å². The second-order valence-corrected chi connectivity index (χ2v) is 3.19. The SMILES string of the molecule is CC(=CC(=O)O)COc1ccc(F)cc1F. The number of ether oxygens (including phenoxy) is 1. The molecule has 0 saturated heterocycles. The van der Waals surface area contributed by atoms with Crippen LogP contribution in [0.5, 0.6) is 5.75 Å². The van der Waals surface area contributed by atoms with E-state index in [1.807, 2.05) is 0 Å². The Bertz CT molecular complexity index is 427. The molecule has 0 heterocycles. The van der Waals surface area contributed by atoms with E-state index >= 15 is 0 Å². The number of halogens is 2. The molecule has 5 heteroatoms. The number of hydrogen-bond acceptors (Lipinski definition) is 2. The molecule has 1 aromatic carbocycles. The molecule has 0 bridgehead atoms. The Morgan fingerprint density at radius 2 is 2.19 bits per heavy atom. The lowest BCUT2D eigenvalue weighted by Crippen LogP contribution is -2.02. The second-order valence-electron chi connectivity index (χ2n) is 3.19. The molecule has 0 radical (unpaired) electrons. The van der Waals surface area contributed by atoms with Gasteiger partial charge in [-0.3, -0.25) is 0 Å². The van der Waals surface area contributed by atoms with Gasteiger partial charge < -0.3 is 9.84 Å². The number of carboxylic acids is 1. The first-order chi connectivity index (χ1) is 7.49. The fourth-order valence-corrected chi connectivity index (χ4v) is 1.04. The molecule has 1 rings (SSSR count). The summed E-state index contributed by atoms with van der Waals surface area (Å²) in [6.45, 7) is 1.48. The van der Waals surface area contributed by atoms with Gasteiger partial charge in [0, 0.05) is 12.1 Å². The zero-order valence-corrected chi connectivity index (χ0v) is 8.54. The minimum Gasteiger partial charge on any atom is -0.486 e. The average Bonchev–Trinajstić information content (AvgIpc) is 2.15. The summed E-state index contributed by atoms with van der Waals surface area (Å²) in [5, 5.41) is 8.42. The van der Waals surface area contributed by atoms with E-state index in [9.17, 15) is 13.6 Å². The number of carbonyl (C=O) groups is 1. The fraction of sp³-hybridized carbons (Fsp3) is 0.182. The number of carboxylic acid groups (broad SMARTS) is 1. The molecule has 0 aliphatic heterocycles. The van der Waals surface area contributed by atoms with Crippen molar-refractivity contribution in [2.24, 2.45) is 0 Å². The van der Waals surface area contributed by atoms with Gasteiger partial charge in [0.25, 0.3) is 0 Å². The number of hydrogen-bond donors (Lipinski definition) is 1. The summed E-state index contributed by atoms with van der Waals surface area (Å²) >= 11 is 0. The first-order valence-corrected chi connectivity index (χ1v) is 4.47. The molecule has 86 valence electrons.